The van der Waals surface area contributed by atoms with Gasteiger partial charge in [-0.2, -0.15) is 0 Å². The molecular formula is C52H52N14O10S6. The summed E-state index contributed by atoms with van der Waals surface area (Å²) < 4.78 is 10.6. The van der Waals surface area contributed by atoms with Gasteiger partial charge in [0.1, 0.15) is 82.2 Å². The van der Waals surface area contributed by atoms with Crippen LogP contribution in [0.25, 0.3) is 43.4 Å². The number of aromatic nitrogens is 7. The maximum absolute atomic E-state index is 14.3. The van der Waals surface area contributed by atoms with Gasteiger partial charge in [-0.05, 0) is 37.0 Å². The first-order chi connectivity index (χ1) is 39.5. The number of hydrogen-bond acceptors (Lipinski definition) is 23. The fraction of sp³-hybridized carbons (Fsp3) is 0.308. The number of ether oxygens (including phenoxy) is 2. The van der Waals surface area contributed by atoms with Crippen LogP contribution in [-0.4, -0.2) is 109 Å². The molecule has 30 heteroatoms. The number of pyridine rings is 1. The average molecular weight is 1230 g/mol. The highest BCUT2D eigenvalue weighted by Gasteiger charge is 2.33. The van der Waals surface area contributed by atoms with Gasteiger partial charge in [-0.1, -0.05) is 44.2 Å². The van der Waals surface area contributed by atoms with Crippen molar-refractivity contribution in [3.05, 3.63) is 111 Å². The molecule has 9 rings (SSSR count). The zero-order chi connectivity index (χ0) is 58.2. The molecule has 10 bridgehead atoms. The number of nitrogens with one attached hydrogen (secondary N) is 6. The standard InChI is InChI=1S/C52H52N14O10S6/c1-23(2)37-51-66-40(32(82-51)18-75-5)44(72)55-17-36(69)63-41(42(70)25-10-7-6-8-11-25)50-60-31(21-79-50)48-58-29(19-78-48)39-26(13-14-27(56-39)47-61-34(22-80-47)62-52(74)76-15-9-12-33(53)67)46-59-30(20-77-46)43(71)57-28(16-35(68)54-4)49-65-38(24(3)81-49)45(73)64-37/h6-8,10-11,13-14,19-23,28,37,41-42,70H,9,12,15-18H2,1-5H3,(H2,53,67)(H,54,68)(H,55,72)(H,57,71)(H,62,74)(H,63,69)(H,64,73)/t28-,37-,41-,42-/m0/s1. The number of aliphatic hydroxyl groups is 1. The van der Waals surface area contributed by atoms with E-state index in [9.17, 15) is 38.7 Å². The molecule has 0 radical (unpaired) electrons. The maximum atomic E-state index is 14.3. The number of rotatable bonds is 13. The fourth-order valence-corrected chi connectivity index (χ4v) is 13.7. The molecule has 0 saturated carbocycles. The summed E-state index contributed by atoms with van der Waals surface area (Å²) in [7, 11) is 2.93. The van der Waals surface area contributed by atoms with Crippen LogP contribution in [0.15, 0.2) is 64.0 Å². The zero-order valence-electron chi connectivity index (χ0n) is 44.3. The first kappa shape index (κ1) is 58.8. The molecule has 426 valence electrons. The SMILES string of the molecule is CNC(=O)C[C@@H]1NC(=O)c2csc(n2)-c2ccc(-c3nc(NC(=O)OCCCC(N)=O)cs3)nc2-c2csc(n2)-c2csc(n2)[C@H]([C@@H](O)c2ccccc2)NC(=O)CNC(=O)c2nc(sc2COC)[C@H](C(C)C)NC(=O)c2nc1sc2C. The summed E-state index contributed by atoms with van der Waals surface area (Å²) in [5.41, 5.74) is 7.79. The lowest BCUT2D eigenvalue weighted by atomic mass is 10.0. The van der Waals surface area contributed by atoms with E-state index < -0.39 is 72.3 Å². The van der Waals surface area contributed by atoms with Crippen molar-refractivity contribution in [2.24, 2.45) is 11.7 Å². The smallest absolute Gasteiger partial charge is 0.412 e. The molecule has 0 spiro atoms. The van der Waals surface area contributed by atoms with Gasteiger partial charge in [0.25, 0.3) is 17.7 Å². The van der Waals surface area contributed by atoms with Gasteiger partial charge in [-0.15, -0.1) is 68.0 Å². The lowest BCUT2D eigenvalue weighted by molar-refractivity contribution is -0.122. The number of amides is 7. The van der Waals surface area contributed by atoms with Gasteiger partial charge in [0.2, 0.25) is 17.7 Å². The van der Waals surface area contributed by atoms with E-state index in [0.717, 1.165) is 22.7 Å². The van der Waals surface area contributed by atoms with Crippen molar-refractivity contribution in [2.75, 3.05) is 32.6 Å². The highest BCUT2D eigenvalue weighted by atomic mass is 32.1. The quantitative estimate of drug-likeness (QED) is 0.0532. The Morgan fingerprint density at radius 1 is 0.732 bits per heavy atom. The number of primary amides is 1. The molecule has 24 nitrogen and oxygen atoms in total. The molecule has 7 amide bonds. The number of nitrogens with zero attached hydrogens (tertiary/aromatic N) is 7. The summed E-state index contributed by atoms with van der Waals surface area (Å²) in [4.78, 5) is 128. The van der Waals surface area contributed by atoms with Gasteiger partial charge in [-0.3, -0.25) is 34.1 Å². The molecule has 9 N–H and O–H groups in total. The van der Waals surface area contributed by atoms with Crippen LogP contribution in [0, 0.1) is 12.8 Å². The van der Waals surface area contributed by atoms with E-state index >= 15 is 0 Å². The van der Waals surface area contributed by atoms with E-state index in [-0.39, 0.29) is 66.3 Å². The Hall–Kier alpha value is -7.84. The van der Waals surface area contributed by atoms with E-state index in [1.165, 1.54) is 59.5 Å². The third-order valence-corrected chi connectivity index (χ3v) is 18.0. The predicted molar refractivity (Wildman–Crippen MR) is 310 cm³/mol. The van der Waals surface area contributed by atoms with Gasteiger partial charge >= 0.3 is 6.09 Å². The van der Waals surface area contributed by atoms with E-state index in [4.69, 9.17) is 35.1 Å². The molecule has 1 aliphatic heterocycles. The van der Waals surface area contributed by atoms with Gasteiger partial charge in [0, 0.05) is 52.5 Å². The number of methoxy groups -OCH3 is 1. The zero-order valence-corrected chi connectivity index (χ0v) is 49.2. The Morgan fingerprint density at radius 2 is 1.45 bits per heavy atom. The number of carbonyl (C=O) groups excluding carboxylic acids is 7. The van der Waals surface area contributed by atoms with Crippen molar-refractivity contribution >= 4 is 115 Å². The largest absolute Gasteiger partial charge is 0.449 e. The molecule has 0 unspecified atom stereocenters. The van der Waals surface area contributed by atoms with E-state index in [0.29, 0.717) is 68.7 Å². The Bertz CT molecular complexity index is 3670. The van der Waals surface area contributed by atoms with Crippen molar-refractivity contribution in [3.63, 3.8) is 0 Å². The number of fused-ring (bicyclic) bond motifs is 14. The fourth-order valence-electron chi connectivity index (χ4n) is 8.19. The van der Waals surface area contributed by atoms with Gasteiger partial charge < -0.3 is 46.9 Å². The molecule has 1 aliphatic rings. The summed E-state index contributed by atoms with van der Waals surface area (Å²) in [6.07, 6.45) is -1.96. The van der Waals surface area contributed by atoms with Crippen molar-refractivity contribution in [1.82, 2.24) is 61.5 Å². The van der Waals surface area contributed by atoms with Gasteiger partial charge in [-0.25, -0.2) is 39.7 Å². The number of aliphatic hydroxyl groups excluding tert-OH is 1. The monoisotopic (exact) mass is 1220 g/mol. The molecule has 0 saturated heterocycles. The number of anilines is 1. The molecule has 0 aliphatic carbocycles. The summed E-state index contributed by atoms with van der Waals surface area (Å²) >= 11 is 7.09. The minimum absolute atomic E-state index is 0.000963. The Morgan fingerprint density at radius 3 is 2.21 bits per heavy atom. The van der Waals surface area contributed by atoms with Crippen LogP contribution >= 0.6 is 68.0 Å². The lowest BCUT2D eigenvalue weighted by Gasteiger charge is -2.23. The Balaban J connectivity index is 1.11. The molecule has 8 aromatic rings. The third kappa shape index (κ3) is 13.9. The van der Waals surface area contributed by atoms with Crippen LogP contribution in [0.1, 0.15) is 119 Å². The van der Waals surface area contributed by atoms with Crippen LogP contribution in [-0.2, 0) is 30.5 Å². The van der Waals surface area contributed by atoms with Gasteiger partial charge in [0.15, 0.2) is 0 Å². The van der Waals surface area contributed by atoms with Crippen LogP contribution in [0.4, 0.5) is 10.6 Å². The molecular weight excluding hydrogens is 1170 g/mol. The van der Waals surface area contributed by atoms with Crippen LogP contribution in [0.2, 0.25) is 0 Å². The molecule has 7 aromatic heterocycles. The number of benzene rings is 1. The molecule has 82 heavy (non-hydrogen) atoms. The summed E-state index contributed by atoms with van der Waals surface area (Å²) in [6.45, 7) is 4.91. The first-order valence-corrected chi connectivity index (χ1v) is 30.3. The second-order valence-corrected chi connectivity index (χ2v) is 24.3. The van der Waals surface area contributed by atoms with Gasteiger partial charge in [0.05, 0.1) is 48.8 Å². The molecule has 1 aromatic carbocycles. The number of aryl methyl sites for hydroxylation is 1. The maximum Gasteiger partial charge on any atom is 0.412 e. The number of carbonyl (C=O) groups is 7. The minimum atomic E-state index is -1.28. The van der Waals surface area contributed by atoms with E-state index in [1.54, 1.807) is 70.9 Å². The van der Waals surface area contributed by atoms with E-state index in [1.807, 2.05) is 13.8 Å². The van der Waals surface area contributed by atoms with Crippen LogP contribution in [0.3, 0.4) is 0 Å². The topological polar surface area (TPSA) is 347 Å². The molecule has 0 fully saturated rings. The second kappa shape index (κ2) is 26.4. The first-order valence-electron chi connectivity index (χ1n) is 25.1. The summed E-state index contributed by atoms with van der Waals surface area (Å²) in [5, 5.41) is 37.5. The Kier molecular flexibility index (Phi) is 18.9. The summed E-state index contributed by atoms with van der Waals surface area (Å²) in [5.74, 6) is -3.48. The highest BCUT2D eigenvalue weighted by Crippen LogP contribution is 2.40. The molecule has 4 atom stereocenters. The average Bonchev–Trinajstić information content (AvgIpc) is 4.45. The predicted octanol–water partition coefficient (Wildman–Crippen LogP) is 7.13. The minimum Gasteiger partial charge on any atom is -0.449 e. The van der Waals surface area contributed by atoms with Crippen molar-refractivity contribution in [3.8, 4) is 43.4 Å². The molecule has 8 heterocycles. The lowest BCUT2D eigenvalue weighted by Crippen LogP contribution is -2.40. The normalized spacial score (nSPS) is 16.3. The van der Waals surface area contributed by atoms with Crippen molar-refractivity contribution in [1.29, 1.82) is 0 Å². The number of thiazole rings is 6. The third-order valence-electron chi connectivity index (χ3n) is 12.3. The number of nitrogens with two attached hydrogens (primary N) is 1. The second-order valence-electron chi connectivity index (χ2n) is 18.5. The highest BCUT2D eigenvalue weighted by molar-refractivity contribution is 7.15. The van der Waals surface area contributed by atoms with E-state index in [2.05, 4.69) is 46.9 Å². The van der Waals surface area contributed by atoms with Crippen LogP contribution in [0.5, 0.6) is 0 Å². The number of hydrogen-bond donors (Lipinski definition) is 8. The Labute approximate surface area is 491 Å². The van der Waals surface area contributed by atoms with Crippen molar-refractivity contribution < 1.29 is 48.1 Å². The van der Waals surface area contributed by atoms with Crippen LogP contribution < -0.4 is 37.6 Å². The van der Waals surface area contributed by atoms with Crippen molar-refractivity contribution in [2.45, 2.75) is 70.9 Å². The summed E-state index contributed by atoms with van der Waals surface area (Å²) in [6, 6.07) is 9.40.